The summed E-state index contributed by atoms with van der Waals surface area (Å²) in [5, 5.41) is 12.4. The standard InChI is InChI=1S/C21H23NO5S/c1-4-5-11-22-17(13-8-6-9-14(26-2)20(13)27-3)16(19(24)21(22)25)18(23)15-10-7-12-28-15/h6-10,12,17,24H,4-5,11H2,1-3H3. The number of methoxy groups -OCH3 is 2. The van der Waals surface area contributed by atoms with Gasteiger partial charge in [0, 0.05) is 12.1 Å². The highest BCUT2D eigenvalue weighted by atomic mass is 32.1. The van der Waals surface area contributed by atoms with Crippen LogP contribution < -0.4 is 9.47 Å². The molecular weight excluding hydrogens is 378 g/mol. The Balaban J connectivity index is 2.17. The van der Waals surface area contributed by atoms with Gasteiger partial charge in [-0.3, -0.25) is 9.59 Å². The molecule has 1 aliphatic heterocycles. The van der Waals surface area contributed by atoms with E-state index in [0.29, 0.717) is 28.5 Å². The van der Waals surface area contributed by atoms with Gasteiger partial charge in [-0.2, -0.15) is 0 Å². The van der Waals surface area contributed by atoms with E-state index in [2.05, 4.69) is 0 Å². The maximum Gasteiger partial charge on any atom is 0.290 e. The fourth-order valence-electron chi connectivity index (χ4n) is 3.44. The largest absolute Gasteiger partial charge is 0.503 e. The molecule has 1 N–H and O–H groups in total. The van der Waals surface area contributed by atoms with E-state index >= 15 is 0 Å². The predicted octanol–water partition coefficient (Wildman–Crippen LogP) is 4.14. The SMILES string of the molecule is CCCCN1C(=O)C(O)=C(C(=O)c2cccs2)C1c1cccc(OC)c1OC. The van der Waals surface area contributed by atoms with Gasteiger partial charge in [-0.25, -0.2) is 0 Å². The number of nitrogens with zero attached hydrogens (tertiary/aromatic N) is 1. The molecule has 28 heavy (non-hydrogen) atoms. The third-order valence-corrected chi connectivity index (χ3v) is 5.64. The van der Waals surface area contributed by atoms with E-state index in [1.54, 1.807) is 35.7 Å². The number of amides is 1. The van der Waals surface area contributed by atoms with Crippen LogP contribution >= 0.6 is 11.3 Å². The van der Waals surface area contributed by atoms with E-state index in [-0.39, 0.29) is 11.4 Å². The van der Waals surface area contributed by atoms with Crippen molar-refractivity contribution in [2.75, 3.05) is 20.8 Å². The van der Waals surface area contributed by atoms with Crippen LogP contribution in [0.5, 0.6) is 11.5 Å². The summed E-state index contributed by atoms with van der Waals surface area (Å²) in [4.78, 5) is 28.0. The molecule has 1 aromatic heterocycles. The van der Waals surface area contributed by atoms with Crippen molar-refractivity contribution in [2.45, 2.75) is 25.8 Å². The molecule has 1 amide bonds. The lowest BCUT2D eigenvalue weighted by molar-refractivity contribution is -0.129. The molecule has 0 saturated heterocycles. The van der Waals surface area contributed by atoms with Gasteiger partial charge in [0.05, 0.1) is 30.7 Å². The van der Waals surface area contributed by atoms with Crippen LogP contribution in [0.4, 0.5) is 0 Å². The Morgan fingerprint density at radius 1 is 1.21 bits per heavy atom. The van der Waals surface area contributed by atoms with Crippen LogP contribution in [0.25, 0.3) is 0 Å². The van der Waals surface area contributed by atoms with Crippen LogP contribution in [0.1, 0.15) is 41.0 Å². The first kappa shape index (κ1) is 19.9. The van der Waals surface area contributed by atoms with Crippen molar-refractivity contribution in [3.63, 3.8) is 0 Å². The Hall–Kier alpha value is -2.80. The quantitative estimate of drug-likeness (QED) is 0.673. The number of benzene rings is 1. The van der Waals surface area contributed by atoms with Crippen molar-refractivity contribution < 1.29 is 24.2 Å². The molecule has 1 aliphatic rings. The zero-order valence-electron chi connectivity index (χ0n) is 16.1. The van der Waals surface area contributed by atoms with Gasteiger partial charge in [0.25, 0.3) is 5.91 Å². The summed E-state index contributed by atoms with van der Waals surface area (Å²) in [5.41, 5.74) is 0.686. The summed E-state index contributed by atoms with van der Waals surface area (Å²) in [7, 11) is 3.04. The number of ketones is 1. The van der Waals surface area contributed by atoms with E-state index in [0.717, 1.165) is 12.8 Å². The zero-order chi connectivity index (χ0) is 20.3. The number of hydrogen-bond donors (Lipinski definition) is 1. The van der Waals surface area contributed by atoms with Crippen molar-refractivity contribution in [1.29, 1.82) is 0 Å². The molecule has 1 aromatic carbocycles. The van der Waals surface area contributed by atoms with E-state index in [4.69, 9.17) is 9.47 Å². The first-order valence-corrected chi connectivity index (χ1v) is 9.96. The Morgan fingerprint density at radius 2 is 2.00 bits per heavy atom. The fourth-order valence-corrected chi connectivity index (χ4v) is 4.11. The summed E-state index contributed by atoms with van der Waals surface area (Å²) in [6.07, 6.45) is 1.63. The lowest BCUT2D eigenvalue weighted by atomic mass is 9.94. The maximum absolute atomic E-state index is 13.2. The molecule has 0 spiro atoms. The monoisotopic (exact) mass is 401 g/mol. The second-order valence-electron chi connectivity index (χ2n) is 6.41. The predicted molar refractivity (Wildman–Crippen MR) is 107 cm³/mol. The summed E-state index contributed by atoms with van der Waals surface area (Å²) in [6, 6.07) is 8.04. The van der Waals surface area contributed by atoms with Crippen LogP contribution in [0.2, 0.25) is 0 Å². The smallest absolute Gasteiger partial charge is 0.290 e. The first-order valence-electron chi connectivity index (χ1n) is 9.08. The molecular formula is C21H23NO5S. The van der Waals surface area contributed by atoms with Gasteiger partial charge in [0.2, 0.25) is 5.78 Å². The molecule has 7 heteroatoms. The highest BCUT2D eigenvalue weighted by molar-refractivity contribution is 7.12. The van der Waals surface area contributed by atoms with Gasteiger partial charge in [-0.15, -0.1) is 11.3 Å². The molecule has 148 valence electrons. The molecule has 2 aromatic rings. The van der Waals surface area contributed by atoms with Crippen molar-refractivity contribution in [3.8, 4) is 11.5 Å². The van der Waals surface area contributed by atoms with E-state index in [1.807, 2.05) is 6.92 Å². The van der Waals surface area contributed by atoms with Gasteiger partial charge >= 0.3 is 0 Å². The number of Topliss-reactive ketones (excluding diaryl/α,β-unsaturated/α-hetero) is 1. The summed E-state index contributed by atoms with van der Waals surface area (Å²) < 4.78 is 10.9. The summed E-state index contributed by atoms with van der Waals surface area (Å²) >= 11 is 1.27. The average molecular weight is 401 g/mol. The number of aliphatic hydroxyl groups excluding tert-OH is 1. The minimum absolute atomic E-state index is 0.0788. The van der Waals surface area contributed by atoms with Crippen LogP contribution in [-0.4, -0.2) is 42.5 Å². The molecule has 6 nitrogen and oxygen atoms in total. The van der Waals surface area contributed by atoms with Crippen LogP contribution in [0, 0.1) is 0 Å². The molecule has 0 aliphatic carbocycles. The molecule has 0 fully saturated rings. The third kappa shape index (κ3) is 3.38. The van der Waals surface area contributed by atoms with Crippen LogP contribution in [0.15, 0.2) is 47.0 Å². The average Bonchev–Trinajstić information content (AvgIpc) is 3.33. The number of thiophene rings is 1. The Kier molecular flexibility index (Phi) is 6.04. The number of aliphatic hydroxyl groups is 1. The minimum atomic E-state index is -0.737. The zero-order valence-corrected chi connectivity index (χ0v) is 16.9. The molecule has 0 radical (unpaired) electrons. The lowest BCUT2D eigenvalue weighted by Gasteiger charge is -2.28. The highest BCUT2D eigenvalue weighted by Gasteiger charge is 2.45. The van der Waals surface area contributed by atoms with Crippen molar-refractivity contribution in [1.82, 2.24) is 4.90 Å². The van der Waals surface area contributed by atoms with Crippen LogP contribution in [-0.2, 0) is 4.79 Å². The summed E-state index contributed by atoms with van der Waals surface area (Å²) in [6.45, 7) is 2.44. The van der Waals surface area contributed by atoms with E-state index in [1.165, 1.54) is 30.5 Å². The lowest BCUT2D eigenvalue weighted by Crippen LogP contribution is -2.32. The number of carbonyl (C=O) groups excluding carboxylic acids is 2. The number of para-hydroxylation sites is 1. The second kappa shape index (κ2) is 8.48. The van der Waals surface area contributed by atoms with E-state index in [9.17, 15) is 14.7 Å². The molecule has 1 unspecified atom stereocenters. The number of ether oxygens (including phenoxy) is 2. The first-order chi connectivity index (χ1) is 13.5. The Bertz CT molecular complexity index is 904. The molecule has 1 atom stereocenters. The highest BCUT2D eigenvalue weighted by Crippen LogP contribution is 2.45. The third-order valence-electron chi connectivity index (χ3n) is 4.77. The Morgan fingerprint density at radius 3 is 2.61 bits per heavy atom. The van der Waals surface area contributed by atoms with E-state index < -0.39 is 17.7 Å². The van der Waals surface area contributed by atoms with Crippen LogP contribution in [0.3, 0.4) is 0 Å². The molecule has 0 saturated carbocycles. The molecule has 3 rings (SSSR count). The normalized spacial score (nSPS) is 16.6. The van der Waals surface area contributed by atoms with Gasteiger partial charge in [-0.1, -0.05) is 31.5 Å². The van der Waals surface area contributed by atoms with Crippen molar-refractivity contribution in [2.24, 2.45) is 0 Å². The fraction of sp³-hybridized carbons (Fsp3) is 0.333. The van der Waals surface area contributed by atoms with Crippen molar-refractivity contribution in [3.05, 3.63) is 57.5 Å². The van der Waals surface area contributed by atoms with Gasteiger partial charge in [-0.05, 0) is 23.9 Å². The van der Waals surface area contributed by atoms with Gasteiger partial charge in [0.1, 0.15) is 0 Å². The van der Waals surface area contributed by atoms with Crippen molar-refractivity contribution >= 4 is 23.0 Å². The molecule has 0 bridgehead atoms. The number of unbranched alkanes of at least 4 members (excludes halogenated alkanes) is 1. The maximum atomic E-state index is 13.2. The summed E-state index contributed by atoms with van der Waals surface area (Å²) in [5.74, 6) is -0.449. The van der Waals surface area contributed by atoms with Gasteiger partial charge < -0.3 is 19.5 Å². The topological polar surface area (TPSA) is 76.1 Å². The number of rotatable bonds is 8. The second-order valence-corrected chi connectivity index (χ2v) is 7.35. The Labute approximate surface area is 168 Å². The number of carbonyl (C=O) groups is 2. The minimum Gasteiger partial charge on any atom is -0.503 e. The molecule has 2 heterocycles. The van der Waals surface area contributed by atoms with Gasteiger partial charge in [0.15, 0.2) is 17.3 Å². The number of hydrogen-bond acceptors (Lipinski definition) is 6.